The average molecular weight is 182 g/mol. The smallest absolute Gasteiger partial charge is 0.235 e. The van der Waals surface area contributed by atoms with Crippen molar-refractivity contribution in [3.05, 3.63) is 34.3 Å². The zero-order chi connectivity index (χ0) is 9.14. The summed E-state index contributed by atoms with van der Waals surface area (Å²) < 4.78 is 0. The first kappa shape index (κ1) is 9.27. The van der Waals surface area contributed by atoms with Gasteiger partial charge in [0.05, 0.1) is 5.02 Å². The molecule has 0 saturated carbocycles. The van der Waals surface area contributed by atoms with Gasteiger partial charge in [-0.3, -0.25) is 4.79 Å². The van der Waals surface area contributed by atoms with Crippen molar-refractivity contribution in [1.29, 1.82) is 0 Å². The molecule has 1 rings (SSSR count). The Bertz CT molecular complexity index is 292. The van der Waals surface area contributed by atoms with E-state index in [0.29, 0.717) is 16.5 Å². The largest absolute Gasteiger partial charge is 0.285 e. The van der Waals surface area contributed by atoms with Crippen LogP contribution in [0, 0.1) is 0 Å². The summed E-state index contributed by atoms with van der Waals surface area (Å²) >= 11 is 5.94. The lowest BCUT2D eigenvalue weighted by molar-refractivity contribution is 0.562. The molecule has 0 aromatic heterocycles. The molecule has 0 heterocycles. The second-order valence-corrected chi connectivity index (χ2v) is 3.34. The summed E-state index contributed by atoms with van der Waals surface area (Å²) in [6.07, 6.45) is 1.81. The third kappa shape index (κ3) is 1.67. The van der Waals surface area contributed by atoms with Gasteiger partial charge < -0.3 is 0 Å². The Morgan fingerprint density at radius 1 is 1.42 bits per heavy atom. The Morgan fingerprint density at radius 2 is 2.08 bits per heavy atom. The van der Waals surface area contributed by atoms with Gasteiger partial charge in [0, 0.05) is 5.56 Å². The highest BCUT2D eigenvalue weighted by molar-refractivity contribution is 6.33. The molecule has 0 atom stereocenters. The second kappa shape index (κ2) is 3.72. The molecule has 1 radical (unpaired) electrons. The maximum atomic E-state index is 10.4. The summed E-state index contributed by atoms with van der Waals surface area (Å²) in [7, 11) is 0. The van der Waals surface area contributed by atoms with Gasteiger partial charge in [-0.05, 0) is 17.5 Å². The zero-order valence-electron chi connectivity index (χ0n) is 7.10. The number of rotatable bonds is 2. The average Bonchev–Trinajstić information content (AvgIpc) is 2.04. The molecule has 0 aliphatic heterocycles. The molecule has 0 fully saturated rings. The Balaban J connectivity index is 3.22. The van der Waals surface area contributed by atoms with Gasteiger partial charge in [0.15, 0.2) is 0 Å². The van der Waals surface area contributed by atoms with Crippen LogP contribution in [0.15, 0.2) is 18.2 Å². The molecule has 0 unspecified atom stereocenters. The maximum Gasteiger partial charge on any atom is 0.235 e. The highest BCUT2D eigenvalue weighted by Gasteiger charge is 2.08. The minimum absolute atomic E-state index is 0.339. The first-order chi connectivity index (χ1) is 5.66. The van der Waals surface area contributed by atoms with E-state index in [4.69, 9.17) is 11.6 Å². The van der Waals surface area contributed by atoms with E-state index >= 15 is 0 Å². The molecular formula is C10H10ClO. The second-order valence-electron chi connectivity index (χ2n) is 2.97. The summed E-state index contributed by atoms with van der Waals surface area (Å²) in [6, 6.07) is 5.41. The van der Waals surface area contributed by atoms with Gasteiger partial charge in [-0.2, -0.15) is 0 Å². The molecule has 1 nitrogen and oxygen atoms in total. The van der Waals surface area contributed by atoms with E-state index in [1.54, 1.807) is 6.07 Å². The van der Waals surface area contributed by atoms with Crippen LogP contribution in [0.5, 0.6) is 0 Å². The Kier molecular flexibility index (Phi) is 2.88. The summed E-state index contributed by atoms with van der Waals surface area (Å²) in [5, 5.41) is 0.530. The van der Waals surface area contributed by atoms with E-state index in [9.17, 15) is 4.79 Å². The number of carbonyl (C=O) groups excluding carboxylic acids is 1. The molecule has 0 aliphatic rings. The molecule has 0 amide bonds. The van der Waals surface area contributed by atoms with E-state index in [1.807, 2.05) is 32.3 Å². The van der Waals surface area contributed by atoms with E-state index in [-0.39, 0.29) is 0 Å². The van der Waals surface area contributed by atoms with Crippen molar-refractivity contribution in [1.82, 2.24) is 0 Å². The van der Waals surface area contributed by atoms with E-state index in [1.165, 1.54) is 0 Å². The van der Waals surface area contributed by atoms with Crippen LogP contribution in [0.2, 0.25) is 5.02 Å². The van der Waals surface area contributed by atoms with Crippen molar-refractivity contribution in [3.8, 4) is 0 Å². The zero-order valence-corrected chi connectivity index (χ0v) is 7.85. The predicted molar refractivity (Wildman–Crippen MR) is 50.3 cm³/mol. The van der Waals surface area contributed by atoms with Gasteiger partial charge in [0.2, 0.25) is 6.29 Å². The van der Waals surface area contributed by atoms with Gasteiger partial charge >= 0.3 is 0 Å². The number of hydrogen-bond donors (Lipinski definition) is 0. The van der Waals surface area contributed by atoms with Crippen molar-refractivity contribution < 1.29 is 4.79 Å². The van der Waals surface area contributed by atoms with E-state index in [0.717, 1.165) is 5.56 Å². The highest BCUT2D eigenvalue weighted by atomic mass is 35.5. The Labute approximate surface area is 77.4 Å². The lowest BCUT2D eigenvalue weighted by Gasteiger charge is -2.08. The minimum Gasteiger partial charge on any atom is -0.285 e. The fourth-order valence-corrected chi connectivity index (χ4v) is 1.46. The molecular weight excluding hydrogens is 172 g/mol. The highest BCUT2D eigenvalue weighted by Crippen LogP contribution is 2.26. The monoisotopic (exact) mass is 181 g/mol. The van der Waals surface area contributed by atoms with Crippen molar-refractivity contribution in [2.45, 2.75) is 19.8 Å². The SMILES string of the molecule is CC(C)c1cccc([C]=O)c1Cl. The van der Waals surface area contributed by atoms with Crippen LogP contribution < -0.4 is 0 Å². The Morgan fingerprint density at radius 3 is 2.58 bits per heavy atom. The fourth-order valence-electron chi connectivity index (χ4n) is 1.07. The van der Waals surface area contributed by atoms with Crippen LogP contribution in [0.3, 0.4) is 0 Å². The van der Waals surface area contributed by atoms with Gasteiger partial charge in [0.25, 0.3) is 0 Å². The topological polar surface area (TPSA) is 17.1 Å². The number of hydrogen-bond acceptors (Lipinski definition) is 1. The van der Waals surface area contributed by atoms with Crippen molar-refractivity contribution in [2.75, 3.05) is 0 Å². The molecule has 0 aliphatic carbocycles. The third-order valence-corrected chi connectivity index (χ3v) is 2.18. The van der Waals surface area contributed by atoms with Gasteiger partial charge in [-0.25, -0.2) is 0 Å². The van der Waals surface area contributed by atoms with Crippen LogP contribution in [0.25, 0.3) is 0 Å². The predicted octanol–water partition coefficient (Wildman–Crippen LogP) is 2.92. The summed E-state index contributed by atoms with van der Waals surface area (Å²) in [4.78, 5) is 10.4. The molecule has 0 bridgehead atoms. The first-order valence-corrected chi connectivity index (χ1v) is 4.21. The van der Waals surface area contributed by atoms with E-state index < -0.39 is 0 Å². The molecule has 0 spiro atoms. The standard InChI is InChI=1S/C10H10ClO/c1-7(2)9-5-3-4-8(6-12)10(9)11/h3-5,7H,1-2H3. The molecule has 2 heteroatoms. The van der Waals surface area contributed by atoms with Crippen molar-refractivity contribution >= 4 is 17.9 Å². The number of halogens is 1. The van der Waals surface area contributed by atoms with Gasteiger partial charge in [-0.15, -0.1) is 0 Å². The maximum absolute atomic E-state index is 10.4. The molecule has 12 heavy (non-hydrogen) atoms. The lowest BCUT2D eigenvalue weighted by Crippen LogP contribution is -1.92. The minimum atomic E-state index is 0.339. The van der Waals surface area contributed by atoms with Crippen LogP contribution >= 0.6 is 11.6 Å². The van der Waals surface area contributed by atoms with Crippen LogP contribution in [-0.2, 0) is 4.79 Å². The van der Waals surface area contributed by atoms with Crippen molar-refractivity contribution in [2.24, 2.45) is 0 Å². The molecule has 0 N–H and O–H groups in total. The first-order valence-electron chi connectivity index (χ1n) is 3.83. The lowest BCUT2D eigenvalue weighted by atomic mass is 10.0. The normalized spacial score (nSPS) is 10.3. The van der Waals surface area contributed by atoms with Gasteiger partial charge in [-0.1, -0.05) is 37.6 Å². The van der Waals surface area contributed by atoms with Crippen molar-refractivity contribution in [3.63, 3.8) is 0 Å². The molecule has 1 aromatic carbocycles. The van der Waals surface area contributed by atoms with Crippen LogP contribution in [0.1, 0.15) is 30.9 Å². The summed E-state index contributed by atoms with van der Waals surface area (Å²) in [5.41, 5.74) is 1.44. The third-order valence-electron chi connectivity index (χ3n) is 1.76. The molecule has 63 valence electrons. The summed E-state index contributed by atoms with van der Waals surface area (Å²) in [5.74, 6) is 0.339. The quantitative estimate of drug-likeness (QED) is 0.686. The Hall–Kier alpha value is -0.820. The van der Waals surface area contributed by atoms with Crippen LogP contribution in [0.4, 0.5) is 0 Å². The fraction of sp³-hybridized carbons (Fsp3) is 0.300. The number of benzene rings is 1. The van der Waals surface area contributed by atoms with E-state index in [2.05, 4.69) is 0 Å². The molecule has 1 aromatic rings. The van der Waals surface area contributed by atoms with Gasteiger partial charge in [0.1, 0.15) is 0 Å². The summed E-state index contributed by atoms with van der Waals surface area (Å²) in [6.45, 7) is 4.07. The molecule has 0 saturated heterocycles. The van der Waals surface area contributed by atoms with Crippen LogP contribution in [-0.4, -0.2) is 6.29 Å².